The van der Waals surface area contributed by atoms with Crippen molar-refractivity contribution >= 4 is 49.0 Å². The van der Waals surface area contributed by atoms with Crippen LogP contribution in [-0.2, 0) is 6.54 Å². The summed E-state index contributed by atoms with van der Waals surface area (Å²) in [7, 11) is 0. The fourth-order valence-electron chi connectivity index (χ4n) is 4.95. The van der Waals surface area contributed by atoms with Gasteiger partial charge in [0.2, 0.25) is 0 Å². The van der Waals surface area contributed by atoms with E-state index in [1.807, 2.05) is 43.3 Å². The van der Waals surface area contributed by atoms with E-state index >= 15 is 0 Å². The lowest BCUT2D eigenvalue weighted by Gasteiger charge is -2.10. The Kier molecular flexibility index (Phi) is 7.16. The quantitative estimate of drug-likeness (QED) is 0.113. The summed E-state index contributed by atoms with van der Waals surface area (Å²) < 4.78 is 1.04. The van der Waals surface area contributed by atoms with E-state index in [4.69, 9.17) is 9.98 Å². The number of hydrogen-bond acceptors (Lipinski definition) is 1. The molecule has 0 saturated heterocycles. The molecule has 0 heterocycles. The third kappa shape index (κ3) is 5.59. The molecule has 6 aromatic rings. The maximum atomic E-state index is 5.00. The average molecular weight is 568 g/mol. The summed E-state index contributed by atoms with van der Waals surface area (Å²) in [4.78, 5) is 9.95. The zero-order chi connectivity index (χ0) is 26.6. The monoisotopic (exact) mass is 566 g/mol. The largest absolute Gasteiger partial charge is 0.261 e. The summed E-state index contributed by atoms with van der Waals surface area (Å²) in [6, 6.07) is 46.7. The average Bonchev–Trinajstić information content (AvgIpc) is 2.99. The van der Waals surface area contributed by atoms with Crippen LogP contribution in [0.25, 0.3) is 32.7 Å². The van der Waals surface area contributed by atoms with E-state index in [1.165, 1.54) is 27.1 Å². The van der Waals surface area contributed by atoms with Gasteiger partial charge in [-0.1, -0.05) is 125 Å². The van der Waals surface area contributed by atoms with Crippen molar-refractivity contribution in [3.8, 4) is 11.1 Å². The number of amidine groups is 1. The van der Waals surface area contributed by atoms with Gasteiger partial charge >= 0.3 is 0 Å². The minimum Gasteiger partial charge on any atom is -0.261 e. The van der Waals surface area contributed by atoms with Gasteiger partial charge in [0.05, 0.1) is 6.54 Å². The van der Waals surface area contributed by atoms with Crippen molar-refractivity contribution in [2.75, 3.05) is 0 Å². The molecule has 0 amide bonds. The minimum atomic E-state index is 0.528. The smallest absolute Gasteiger partial charge is 0.155 e. The second-order valence-electron chi connectivity index (χ2n) is 9.64. The predicted octanol–water partition coefficient (Wildman–Crippen LogP) is 9.88. The Morgan fingerprint density at radius 2 is 1.26 bits per heavy atom. The molecule has 3 heteroatoms. The van der Waals surface area contributed by atoms with Crippen molar-refractivity contribution in [2.24, 2.45) is 9.98 Å². The molecule has 0 aliphatic carbocycles. The highest BCUT2D eigenvalue weighted by molar-refractivity contribution is 9.10. The van der Waals surface area contributed by atoms with Gasteiger partial charge in [0.1, 0.15) is 0 Å². The van der Waals surface area contributed by atoms with E-state index in [0.29, 0.717) is 6.54 Å². The Morgan fingerprint density at radius 1 is 0.590 bits per heavy atom. The molecule has 0 aromatic heterocycles. The topological polar surface area (TPSA) is 24.7 Å². The van der Waals surface area contributed by atoms with Gasteiger partial charge in [-0.15, -0.1) is 0 Å². The van der Waals surface area contributed by atoms with E-state index in [2.05, 4.69) is 113 Å². The molecule has 2 nitrogen and oxygen atoms in total. The van der Waals surface area contributed by atoms with Crippen molar-refractivity contribution in [2.45, 2.75) is 13.5 Å². The van der Waals surface area contributed by atoms with Gasteiger partial charge in [-0.25, -0.2) is 4.99 Å². The SMILES string of the molecule is CC(=NC(=NCc1cc(Br)cc(-c2ccc3c(ccc4ccccc43)c2)c1)c1ccccc1)c1ccccc1. The van der Waals surface area contributed by atoms with Crippen LogP contribution >= 0.6 is 15.9 Å². The van der Waals surface area contributed by atoms with E-state index in [-0.39, 0.29) is 0 Å². The summed E-state index contributed by atoms with van der Waals surface area (Å²) in [5.41, 5.74) is 6.51. The molecule has 0 fully saturated rings. The van der Waals surface area contributed by atoms with Crippen molar-refractivity contribution in [3.63, 3.8) is 0 Å². The lowest BCUT2D eigenvalue weighted by molar-refractivity contribution is 1.06. The zero-order valence-corrected chi connectivity index (χ0v) is 23.3. The Bertz CT molecular complexity index is 1840. The van der Waals surface area contributed by atoms with E-state index in [1.54, 1.807) is 0 Å². The molecule has 0 aliphatic rings. The van der Waals surface area contributed by atoms with Crippen LogP contribution in [0.4, 0.5) is 0 Å². The summed E-state index contributed by atoms with van der Waals surface area (Å²) >= 11 is 3.74. The molecule has 0 spiro atoms. The first-order chi connectivity index (χ1) is 19.1. The van der Waals surface area contributed by atoms with Crippen LogP contribution < -0.4 is 0 Å². The fourth-order valence-corrected chi connectivity index (χ4v) is 5.49. The summed E-state index contributed by atoms with van der Waals surface area (Å²) in [6.45, 7) is 2.56. The first-order valence-corrected chi connectivity index (χ1v) is 13.9. The molecule has 0 radical (unpaired) electrons. The highest BCUT2D eigenvalue weighted by Crippen LogP contribution is 2.31. The summed E-state index contributed by atoms with van der Waals surface area (Å²) in [5, 5.41) is 5.06. The van der Waals surface area contributed by atoms with Crippen molar-refractivity contribution < 1.29 is 0 Å². The number of fused-ring (bicyclic) bond motifs is 3. The molecule has 6 rings (SSSR count). The molecular weight excluding hydrogens is 540 g/mol. The first-order valence-electron chi connectivity index (χ1n) is 13.1. The summed E-state index contributed by atoms with van der Waals surface area (Å²) in [6.07, 6.45) is 0. The van der Waals surface area contributed by atoms with Gasteiger partial charge in [0, 0.05) is 15.7 Å². The maximum Gasteiger partial charge on any atom is 0.155 e. The lowest BCUT2D eigenvalue weighted by atomic mass is 9.97. The fraction of sp³-hybridized carbons (Fsp3) is 0.0556. The van der Waals surface area contributed by atoms with Crippen molar-refractivity contribution in [1.82, 2.24) is 0 Å². The van der Waals surface area contributed by atoms with Crippen LogP contribution in [0.3, 0.4) is 0 Å². The van der Waals surface area contributed by atoms with Crippen LogP contribution in [0, 0.1) is 0 Å². The van der Waals surface area contributed by atoms with Crippen LogP contribution in [0.15, 0.2) is 148 Å². The lowest BCUT2D eigenvalue weighted by Crippen LogP contribution is -2.04. The van der Waals surface area contributed by atoms with Crippen LogP contribution in [0.1, 0.15) is 23.6 Å². The number of nitrogens with zero attached hydrogens (tertiary/aromatic N) is 2. The number of benzene rings is 6. The van der Waals surface area contributed by atoms with Crippen molar-refractivity contribution in [1.29, 1.82) is 0 Å². The molecule has 0 saturated carbocycles. The molecule has 0 unspecified atom stereocenters. The molecule has 188 valence electrons. The van der Waals surface area contributed by atoms with Gasteiger partial charge in [0.25, 0.3) is 0 Å². The van der Waals surface area contributed by atoms with Crippen LogP contribution in [-0.4, -0.2) is 11.5 Å². The van der Waals surface area contributed by atoms with E-state index in [0.717, 1.165) is 38.3 Å². The number of hydrogen-bond donors (Lipinski definition) is 0. The maximum absolute atomic E-state index is 5.00. The van der Waals surface area contributed by atoms with E-state index in [9.17, 15) is 0 Å². The second-order valence-corrected chi connectivity index (χ2v) is 10.6. The third-order valence-corrected chi connectivity index (χ3v) is 7.40. The van der Waals surface area contributed by atoms with Crippen LogP contribution in [0.2, 0.25) is 0 Å². The van der Waals surface area contributed by atoms with E-state index < -0.39 is 0 Å². The molecule has 0 aliphatic heterocycles. The van der Waals surface area contributed by atoms with Gasteiger partial charge < -0.3 is 0 Å². The highest BCUT2D eigenvalue weighted by atomic mass is 79.9. The first kappa shape index (κ1) is 25.0. The predicted molar refractivity (Wildman–Crippen MR) is 170 cm³/mol. The zero-order valence-electron chi connectivity index (χ0n) is 21.7. The number of aliphatic imine (C=N–C) groups is 2. The Labute approximate surface area is 237 Å². The second kappa shape index (κ2) is 11.2. The normalized spacial score (nSPS) is 12.3. The molecular formula is C36H27BrN2. The van der Waals surface area contributed by atoms with Gasteiger partial charge in [0.15, 0.2) is 5.84 Å². The number of halogens is 1. The summed E-state index contributed by atoms with van der Waals surface area (Å²) in [5.74, 6) is 0.732. The Morgan fingerprint density at radius 3 is 2.05 bits per heavy atom. The van der Waals surface area contributed by atoms with Gasteiger partial charge in [-0.2, -0.15) is 0 Å². The Balaban J connectivity index is 1.35. The van der Waals surface area contributed by atoms with Gasteiger partial charge in [-0.05, 0) is 75.0 Å². The third-order valence-electron chi connectivity index (χ3n) is 6.94. The standard InChI is InChI=1S/C36H27BrN2/c1-25(27-10-4-2-5-11-27)39-36(29-13-6-3-7-14-29)38-24-26-20-32(23-33(37)21-26)30-18-19-35-31(22-30)17-16-28-12-8-9-15-34(28)35/h2-23H,24H2,1H3. The number of rotatable bonds is 5. The van der Waals surface area contributed by atoms with Crippen LogP contribution in [0.5, 0.6) is 0 Å². The molecule has 0 atom stereocenters. The highest BCUT2D eigenvalue weighted by Gasteiger charge is 2.08. The van der Waals surface area contributed by atoms with Gasteiger partial charge in [-0.3, -0.25) is 4.99 Å². The minimum absolute atomic E-state index is 0.528. The molecule has 0 N–H and O–H groups in total. The van der Waals surface area contributed by atoms with Crippen molar-refractivity contribution in [3.05, 3.63) is 155 Å². The Hall–Kier alpha value is -4.34. The molecule has 39 heavy (non-hydrogen) atoms. The molecule has 0 bridgehead atoms. The molecule has 6 aromatic carbocycles.